The lowest BCUT2D eigenvalue weighted by Gasteiger charge is -2.13. The minimum absolute atomic E-state index is 0.223. The van der Waals surface area contributed by atoms with E-state index in [1.807, 2.05) is 26.1 Å². The Morgan fingerprint density at radius 2 is 2.00 bits per heavy atom. The quantitative estimate of drug-likeness (QED) is 0.593. The summed E-state index contributed by atoms with van der Waals surface area (Å²) in [5, 5.41) is 4.35. The Labute approximate surface area is 136 Å². The number of aryl methyl sites for hydroxylation is 2. The van der Waals surface area contributed by atoms with Gasteiger partial charge in [0.15, 0.2) is 0 Å². The Kier molecular flexibility index (Phi) is 3.56. The highest BCUT2D eigenvalue weighted by molar-refractivity contribution is 14.1. The van der Waals surface area contributed by atoms with Crippen molar-refractivity contribution in [2.24, 2.45) is 7.05 Å². The van der Waals surface area contributed by atoms with E-state index in [9.17, 15) is 9.59 Å². The maximum atomic E-state index is 12.5. The van der Waals surface area contributed by atoms with Crippen molar-refractivity contribution in [2.45, 2.75) is 19.9 Å². The van der Waals surface area contributed by atoms with Gasteiger partial charge in [-0.1, -0.05) is 13.0 Å². The summed E-state index contributed by atoms with van der Waals surface area (Å²) in [5.41, 5.74) is 2.82. The second kappa shape index (κ2) is 5.25. The van der Waals surface area contributed by atoms with E-state index in [-0.39, 0.29) is 18.4 Å². The average molecular weight is 395 g/mol. The maximum absolute atomic E-state index is 12.5. The van der Waals surface area contributed by atoms with E-state index in [4.69, 9.17) is 0 Å². The monoisotopic (exact) mass is 395 g/mol. The van der Waals surface area contributed by atoms with Gasteiger partial charge in [0, 0.05) is 10.6 Å². The zero-order valence-electron chi connectivity index (χ0n) is 11.8. The van der Waals surface area contributed by atoms with E-state index in [1.165, 1.54) is 4.90 Å². The van der Waals surface area contributed by atoms with Gasteiger partial charge in [-0.15, -0.1) is 0 Å². The summed E-state index contributed by atoms with van der Waals surface area (Å²) in [5.74, 6) is -0.452. The van der Waals surface area contributed by atoms with Gasteiger partial charge in [0.05, 0.1) is 29.1 Å². The number of imide groups is 1. The number of benzene rings is 1. The summed E-state index contributed by atoms with van der Waals surface area (Å²) in [6, 6.07) is 7.29. The molecule has 0 saturated carbocycles. The van der Waals surface area contributed by atoms with Gasteiger partial charge in [-0.3, -0.25) is 19.2 Å². The fourth-order valence-corrected chi connectivity index (χ4v) is 3.22. The van der Waals surface area contributed by atoms with Gasteiger partial charge >= 0.3 is 0 Å². The van der Waals surface area contributed by atoms with Gasteiger partial charge in [-0.2, -0.15) is 5.10 Å². The number of aromatic nitrogens is 2. The Hall–Kier alpha value is -1.70. The topological polar surface area (TPSA) is 55.2 Å². The molecule has 0 spiro atoms. The summed E-state index contributed by atoms with van der Waals surface area (Å²) in [4.78, 5) is 26.2. The molecule has 2 heterocycles. The van der Waals surface area contributed by atoms with Crippen molar-refractivity contribution in [3.8, 4) is 0 Å². The Morgan fingerprint density at radius 3 is 2.62 bits per heavy atom. The molecule has 2 aromatic rings. The fraction of sp³-hybridized carbons (Fsp3) is 0.267. The third-order valence-corrected chi connectivity index (χ3v) is 4.56. The van der Waals surface area contributed by atoms with Crippen molar-refractivity contribution >= 4 is 34.4 Å². The predicted molar refractivity (Wildman–Crippen MR) is 85.9 cm³/mol. The fourth-order valence-electron chi connectivity index (χ4n) is 2.49. The first-order chi connectivity index (χ1) is 10.0. The minimum Gasteiger partial charge on any atom is -0.271 e. The van der Waals surface area contributed by atoms with Crippen molar-refractivity contribution < 1.29 is 9.59 Å². The number of amides is 2. The average Bonchev–Trinajstić information content (AvgIpc) is 2.93. The lowest BCUT2D eigenvalue weighted by molar-refractivity contribution is 0.0638. The molecule has 0 radical (unpaired) electrons. The number of halogens is 1. The van der Waals surface area contributed by atoms with E-state index >= 15 is 0 Å². The molecular formula is C15H14IN3O2. The summed E-state index contributed by atoms with van der Waals surface area (Å²) >= 11 is 2.09. The zero-order chi connectivity index (χ0) is 15.1. The number of fused-ring (bicyclic) bond motifs is 1. The van der Waals surface area contributed by atoms with E-state index in [0.717, 1.165) is 21.4 Å². The highest BCUT2D eigenvalue weighted by Gasteiger charge is 2.37. The van der Waals surface area contributed by atoms with Gasteiger partial charge < -0.3 is 0 Å². The van der Waals surface area contributed by atoms with Crippen LogP contribution in [-0.4, -0.2) is 26.5 Å². The summed E-state index contributed by atoms with van der Waals surface area (Å²) in [7, 11) is 1.83. The Balaban J connectivity index is 1.95. The number of hydrogen-bond donors (Lipinski definition) is 0. The standard InChI is InChI=1S/C15H14IN3O2/c1-3-9-7-10(18(2)17-9)8-19-14(20)11-5-4-6-12(16)13(11)15(19)21/h4-7H,3,8H2,1-2H3. The second-order valence-corrected chi connectivity index (χ2v) is 6.13. The first-order valence-electron chi connectivity index (χ1n) is 6.69. The van der Waals surface area contributed by atoms with Crippen LogP contribution in [0.5, 0.6) is 0 Å². The van der Waals surface area contributed by atoms with E-state index < -0.39 is 0 Å². The molecule has 0 N–H and O–H groups in total. The SMILES string of the molecule is CCc1cc(CN2C(=O)c3cccc(I)c3C2=O)n(C)n1. The molecule has 3 rings (SSSR count). The van der Waals surface area contributed by atoms with Gasteiger partial charge in [-0.25, -0.2) is 0 Å². The van der Waals surface area contributed by atoms with E-state index in [1.54, 1.807) is 16.8 Å². The maximum Gasteiger partial charge on any atom is 0.262 e. The molecule has 2 amide bonds. The van der Waals surface area contributed by atoms with Crippen molar-refractivity contribution in [1.29, 1.82) is 0 Å². The largest absolute Gasteiger partial charge is 0.271 e. The Morgan fingerprint density at radius 1 is 1.24 bits per heavy atom. The first kappa shape index (κ1) is 14.2. The first-order valence-corrected chi connectivity index (χ1v) is 7.77. The molecule has 0 saturated heterocycles. The molecule has 1 aliphatic rings. The minimum atomic E-state index is -0.229. The van der Waals surface area contributed by atoms with Crippen LogP contribution < -0.4 is 0 Å². The molecule has 1 aromatic heterocycles. The van der Waals surface area contributed by atoms with Gasteiger partial charge in [0.1, 0.15) is 0 Å². The van der Waals surface area contributed by atoms with Crippen LogP contribution in [0.4, 0.5) is 0 Å². The second-order valence-electron chi connectivity index (χ2n) is 4.96. The molecule has 108 valence electrons. The number of nitrogens with zero attached hydrogens (tertiary/aromatic N) is 3. The molecule has 0 fully saturated rings. The Bertz CT molecular complexity index is 751. The molecule has 0 aliphatic carbocycles. The van der Waals surface area contributed by atoms with Crippen LogP contribution in [0.1, 0.15) is 39.0 Å². The molecule has 6 heteroatoms. The predicted octanol–water partition coefficient (Wildman–Crippen LogP) is 2.38. The molecule has 0 unspecified atom stereocenters. The lowest BCUT2D eigenvalue weighted by Crippen LogP contribution is -2.30. The zero-order valence-corrected chi connectivity index (χ0v) is 13.9. The van der Waals surface area contributed by atoms with E-state index in [2.05, 4.69) is 27.7 Å². The molecular weight excluding hydrogens is 381 g/mol. The molecule has 0 bridgehead atoms. The van der Waals surface area contributed by atoms with Crippen LogP contribution in [0.3, 0.4) is 0 Å². The third-order valence-electron chi connectivity index (χ3n) is 3.66. The highest BCUT2D eigenvalue weighted by Crippen LogP contribution is 2.28. The number of carbonyl (C=O) groups excluding carboxylic acids is 2. The number of hydrogen-bond acceptors (Lipinski definition) is 3. The number of rotatable bonds is 3. The molecule has 0 atom stereocenters. The van der Waals surface area contributed by atoms with Crippen molar-refractivity contribution in [1.82, 2.24) is 14.7 Å². The van der Waals surface area contributed by atoms with Crippen LogP contribution in [0, 0.1) is 3.57 Å². The molecule has 21 heavy (non-hydrogen) atoms. The van der Waals surface area contributed by atoms with Crippen LogP contribution in [0.25, 0.3) is 0 Å². The molecule has 1 aromatic carbocycles. The van der Waals surface area contributed by atoms with Gasteiger partial charge in [0.2, 0.25) is 0 Å². The van der Waals surface area contributed by atoms with Gasteiger partial charge in [-0.05, 0) is 47.2 Å². The number of carbonyl (C=O) groups is 2. The van der Waals surface area contributed by atoms with Crippen molar-refractivity contribution in [2.75, 3.05) is 0 Å². The molecule has 5 nitrogen and oxygen atoms in total. The van der Waals surface area contributed by atoms with Crippen LogP contribution in [0.2, 0.25) is 0 Å². The third kappa shape index (κ3) is 2.27. The van der Waals surface area contributed by atoms with Crippen LogP contribution >= 0.6 is 22.6 Å². The van der Waals surface area contributed by atoms with Crippen LogP contribution in [0.15, 0.2) is 24.3 Å². The normalized spacial score (nSPS) is 14.0. The lowest BCUT2D eigenvalue weighted by atomic mass is 10.1. The van der Waals surface area contributed by atoms with E-state index in [0.29, 0.717) is 11.1 Å². The summed E-state index contributed by atoms with van der Waals surface area (Å²) < 4.78 is 2.54. The van der Waals surface area contributed by atoms with Crippen LogP contribution in [-0.2, 0) is 20.0 Å². The highest BCUT2D eigenvalue weighted by atomic mass is 127. The van der Waals surface area contributed by atoms with Crippen molar-refractivity contribution in [3.63, 3.8) is 0 Å². The molecule has 1 aliphatic heterocycles. The van der Waals surface area contributed by atoms with Gasteiger partial charge in [0.25, 0.3) is 11.8 Å². The summed E-state index contributed by atoms with van der Waals surface area (Å²) in [6.07, 6.45) is 0.827. The van der Waals surface area contributed by atoms with Crippen molar-refractivity contribution in [3.05, 3.63) is 50.4 Å². The summed E-state index contributed by atoms with van der Waals surface area (Å²) in [6.45, 7) is 2.28. The smallest absolute Gasteiger partial charge is 0.262 e.